The van der Waals surface area contributed by atoms with E-state index in [9.17, 15) is 0 Å². The molecule has 0 amide bonds. The molecule has 114 valence electrons. The first-order chi connectivity index (χ1) is 10.3. The summed E-state index contributed by atoms with van der Waals surface area (Å²) in [7, 11) is 0. The summed E-state index contributed by atoms with van der Waals surface area (Å²) in [6.45, 7) is 6.05. The van der Waals surface area contributed by atoms with Crippen LogP contribution in [0.5, 0.6) is 0 Å². The van der Waals surface area contributed by atoms with Crippen molar-refractivity contribution in [2.24, 2.45) is 0 Å². The smallest absolute Gasteiger partial charge is 0.0834 e. The van der Waals surface area contributed by atoms with E-state index in [0.29, 0.717) is 0 Å². The minimum Gasteiger partial charge on any atom is -0.309 e. The lowest BCUT2D eigenvalue weighted by molar-refractivity contribution is 0.455. The van der Waals surface area contributed by atoms with Gasteiger partial charge in [-0.15, -0.1) is 0 Å². The van der Waals surface area contributed by atoms with Gasteiger partial charge in [-0.25, -0.2) is 0 Å². The lowest BCUT2D eigenvalue weighted by atomic mass is 10.1. The first-order valence-electron chi connectivity index (χ1n) is 7.60. The Hall–Kier alpha value is -1.39. The fraction of sp³-hybridized carbons (Fsp3) is 0.500. The van der Waals surface area contributed by atoms with Gasteiger partial charge in [0.15, 0.2) is 0 Å². The molecule has 2 rings (SSSR count). The van der Waals surface area contributed by atoms with Gasteiger partial charge in [0.2, 0.25) is 0 Å². The van der Waals surface area contributed by atoms with Crippen molar-refractivity contribution >= 4 is 11.6 Å². The molecule has 21 heavy (non-hydrogen) atoms. The molecule has 0 bridgehead atoms. The molecule has 1 unspecified atom stereocenters. The number of nitrogens with one attached hydrogen (secondary N) is 1. The molecule has 0 aliphatic carbocycles. The van der Waals surface area contributed by atoms with E-state index in [4.69, 9.17) is 11.6 Å². The minimum absolute atomic E-state index is 0.210. The van der Waals surface area contributed by atoms with Gasteiger partial charge in [0.25, 0.3) is 0 Å². The standard InChI is InChI=1S/C16H23ClN4/c1-3-10-19-15(9-8-13-7-5-6-11-18-13)16-14(17)12-20-21(16)4-2/h5-7,11-12,15,19H,3-4,8-10H2,1-2H3. The van der Waals surface area contributed by atoms with Crippen molar-refractivity contribution in [3.8, 4) is 0 Å². The van der Waals surface area contributed by atoms with Crippen LogP contribution in [-0.2, 0) is 13.0 Å². The number of hydrogen-bond acceptors (Lipinski definition) is 3. The van der Waals surface area contributed by atoms with Crippen LogP contribution >= 0.6 is 11.6 Å². The SMILES string of the molecule is CCCNC(CCc1ccccn1)c1c(Cl)cnn1CC. The van der Waals surface area contributed by atoms with Crippen LogP contribution in [0, 0.1) is 0 Å². The fourth-order valence-corrected chi connectivity index (χ4v) is 2.74. The van der Waals surface area contributed by atoms with Crippen LogP contribution < -0.4 is 5.32 Å². The summed E-state index contributed by atoms with van der Waals surface area (Å²) < 4.78 is 1.98. The average molecular weight is 307 g/mol. The monoisotopic (exact) mass is 306 g/mol. The molecule has 0 spiro atoms. The van der Waals surface area contributed by atoms with Crippen molar-refractivity contribution < 1.29 is 0 Å². The maximum atomic E-state index is 6.34. The summed E-state index contributed by atoms with van der Waals surface area (Å²) >= 11 is 6.34. The van der Waals surface area contributed by atoms with Crippen LogP contribution in [0.3, 0.4) is 0 Å². The van der Waals surface area contributed by atoms with Crippen molar-refractivity contribution in [3.63, 3.8) is 0 Å². The van der Waals surface area contributed by atoms with Gasteiger partial charge in [-0.05, 0) is 44.9 Å². The number of rotatable bonds is 8. The predicted molar refractivity (Wildman–Crippen MR) is 86.5 cm³/mol. The third kappa shape index (κ3) is 4.29. The third-order valence-electron chi connectivity index (χ3n) is 3.52. The Morgan fingerprint density at radius 3 is 2.86 bits per heavy atom. The summed E-state index contributed by atoms with van der Waals surface area (Å²) in [6.07, 6.45) is 6.56. The minimum atomic E-state index is 0.210. The quantitative estimate of drug-likeness (QED) is 0.810. The predicted octanol–water partition coefficient (Wildman–Crippen LogP) is 3.62. The van der Waals surface area contributed by atoms with E-state index in [1.54, 1.807) is 6.20 Å². The van der Waals surface area contributed by atoms with E-state index < -0.39 is 0 Å². The first kappa shape index (κ1) is 16.0. The van der Waals surface area contributed by atoms with Crippen molar-refractivity contribution in [2.75, 3.05) is 6.54 Å². The highest BCUT2D eigenvalue weighted by molar-refractivity contribution is 6.31. The maximum absolute atomic E-state index is 6.34. The van der Waals surface area contributed by atoms with E-state index in [-0.39, 0.29) is 6.04 Å². The number of halogens is 1. The Kier molecular flexibility index (Phi) is 6.21. The van der Waals surface area contributed by atoms with Gasteiger partial charge in [-0.1, -0.05) is 24.6 Å². The van der Waals surface area contributed by atoms with Crippen LogP contribution in [-0.4, -0.2) is 21.3 Å². The highest BCUT2D eigenvalue weighted by atomic mass is 35.5. The van der Waals surface area contributed by atoms with E-state index in [0.717, 1.165) is 48.8 Å². The number of pyridine rings is 1. The molecule has 4 nitrogen and oxygen atoms in total. The first-order valence-corrected chi connectivity index (χ1v) is 7.98. The molecule has 1 atom stereocenters. The second-order valence-corrected chi connectivity index (χ2v) is 5.47. The lowest BCUT2D eigenvalue weighted by Gasteiger charge is -2.20. The fourth-order valence-electron chi connectivity index (χ4n) is 2.46. The number of aromatic nitrogens is 3. The molecule has 0 aromatic carbocycles. The molecule has 0 aliphatic heterocycles. The van der Waals surface area contributed by atoms with Gasteiger partial charge in [0.05, 0.1) is 23.0 Å². The topological polar surface area (TPSA) is 42.7 Å². The van der Waals surface area contributed by atoms with Crippen molar-refractivity contribution in [3.05, 3.63) is 47.0 Å². The number of hydrogen-bond donors (Lipinski definition) is 1. The Morgan fingerprint density at radius 2 is 2.19 bits per heavy atom. The summed E-state index contributed by atoms with van der Waals surface area (Å²) in [5.74, 6) is 0. The molecular formula is C16H23ClN4. The molecule has 0 radical (unpaired) electrons. The van der Waals surface area contributed by atoms with Crippen molar-refractivity contribution in [2.45, 2.75) is 45.7 Å². The molecule has 1 N–H and O–H groups in total. The maximum Gasteiger partial charge on any atom is 0.0834 e. The van der Waals surface area contributed by atoms with Crippen LogP contribution in [0.1, 0.15) is 44.1 Å². The molecule has 0 aliphatic rings. The van der Waals surface area contributed by atoms with E-state index in [1.807, 2.05) is 23.0 Å². The number of aryl methyl sites for hydroxylation is 2. The summed E-state index contributed by atoms with van der Waals surface area (Å²) in [5.41, 5.74) is 2.20. The molecule has 0 saturated heterocycles. The van der Waals surface area contributed by atoms with Gasteiger partial charge in [0, 0.05) is 18.4 Å². The van der Waals surface area contributed by atoms with Crippen LogP contribution in [0.25, 0.3) is 0 Å². The molecule has 0 saturated carbocycles. The molecule has 2 heterocycles. The largest absolute Gasteiger partial charge is 0.309 e. The Balaban J connectivity index is 2.12. The average Bonchev–Trinajstić information content (AvgIpc) is 2.89. The van der Waals surface area contributed by atoms with Gasteiger partial charge in [-0.2, -0.15) is 5.10 Å². The van der Waals surface area contributed by atoms with Crippen molar-refractivity contribution in [1.29, 1.82) is 0 Å². The zero-order valence-corrected chi connectivity index (χ0v) is 13.5. The highest BCUT2D eigenvalue weighted by Crippen LogP contribution is 2.26. The second kappa shape index (κ2) is 8.15. The van der Waals surface area contributed by atoms with Crippen LogP contribution in [0.2, 0.25) is 5.02 Å². The third-order valence-corrected chi connectivity index (χ3v) is 3.81. The lowest BCUT2D eigenvalue weighted by Crippen LogP contribution is -2.25. The Bertz CT molecular complexity index is 538. The van der Waals surface area contributed by atoms with E-state index >= 15 is 0 Å². The number of nitrogens with zero attached hydrogens (tertiary/aromatic N) is 3. The molecule has 2 aromatic rings. The van der Waals surface area contributed by atoms with Crippen molar-refractivity contribution in [1.82, 2.24) is 20.1 Å². The van der Waals surface area contributed by atoms with Gasteiger partial charge in [-0.3, -0.25) is 9.67 Å². The molecule has 2 aromatic heterocycles. The molecule has 0 fully saturated rings. The molecule has 5 heteroatoms. The van der Waals surface area contributed by atoms with Crippen LogP contribution in [0.15, 0.2) is 30.6 Å². The second-order valence-electron chi connectivity index (χ2n) is 5.06. The van der Waals surface area contributed by atoms with Gasteiger partial charge in [0.1, 0.15) is 0 Å². The van der Waals surface area contributed by atoms with Crippen LogP contribution in [0.4, 0.5) is 0 Å². The Morgan fingerprint density at radius 1 is 1.33 bits per heavy atom. The van der Waals surface area contributed by atoms with E-state index in [2.05, 4.69) is 35.3 Å². The summed E-state index contributed by atoms with van der Waals surface area (Å²) in [6, 6.07) is 6.25. The van der Waals surface area contributed by atoms with Gasteiger partial charge < -0.3 is 5.32 Å². The summed E-state index contributed by atoms with van der Waals surface area (Å²) in [5, 5.41) is 8.67. The highest BCUT2D eigenvalue weighted by Gasteiger charge is 2.19. The van der Waals surface area contributed by atoms with Gasteiger partial charge >= 0.3 is 0 Å². The normalized spacial score (nSPS) is 12.5. The van der Waals surface area contributed by atoms with E-state index in [1.165, 1.54) is 0 Å². The Labute approximate surface area is 131 Å². The summed E-state index contributed by atoms with van der Waals surface area (Å²) in [4.78, 5) is 4.39. The zero-order chi connectivity index (χ0) is 15.1. The molecular weight excluding hydrogens is 284 g/mol. The zero-order valence-electron chi connectivity index (χ0n) is 12.7.